The van der Waals surface area contributed by atoms with Crippen LogP contribution in [0.25, 0.3) is 0 Å². The highest BCUT2D eigenvalue weighted by Crippen LogP contribution is 2.38. The molecule has 0 aromatic rings. The number of rotatable bonds is 0. The standard InChI is InChI=1S/C6H3ClO2S/c7-5-3-4-1-2-6(5)10(4,8)9/h1-3H. The maximum atomic E-state index is 11.1. The molecule has 4 heteroatoms. The lowest BCUT2D eigenvalue weighted by Crippen LogP contribution is -1.92. The topological polar surface area (TPSA) is 34.1 Å². The van der Waals surface area contributed by atoms with Crippen molar-refractivity contribution in [2.24, 2.45) is 0 Å². The van der Waals surface area contributed by atoms with E-state index in [0.29, 0.717) is 9.94 Å². The highest BCUT2D eigenvalue weighted by molar-refractivity contribution is 8.00. The first-order chi connectivity index (χ1) is 4.62. The summed E-state index contributed by atoms with van der Waals surface area (Å²) < 4.78 is 22.2. The number of fused-ring (bicyclic) bond motifs is 2. The molecule has 0 saturated heterocycles. The summed E-state index contributed by atoms with van der Waals surface area (Å²) in [6.07, 6.45) is 4.54. The van der Waals surface area contributed by atoms with Crippen LogP contribution in [0, 0.1) is 0 Å². The van der Waals surface area contributed by atoms with E-state index in [2.05, 4.69) is 0 Å². The molecule has 2 aliphatic rings. The third kappa shape index (κ3) is 0.520. The lowest BCUT2D eigenvalue weighted by molar-refractivity contribution is 0.611. The quantitative estimate of drug-likeness (QED) is 0.555. The molecule has 0 aromatic heterocycles. The first kappa shape index (κ1) is 6.19. The fourth-order valence-electron chi connectivity index (χ4n) is 0.994. The van der Waals surface area contributed by atoms with Crippen LogP contribution in [-0.2, 0) is 9.84 Å². The van der Waals surface area contributed by atoms with E-state index in [-0.39, 0.29) is 4.91 Å². The van der Waals surface area contributed by atoms with Crippen LogP contribution in [-0.4, -0.2) is 8.42 Å². The van der Waals surface area contributed by atoms with Crippen molar-refractivity contribution in [1.82, 2.24) is 0 Å². The summed E-state index contributed by atoms with van der Waals surface area (Å²) in [4.78, 5) is 0.552. The zero-order valence-electron chi connectivity index (χ0n) is 4.83. The monoisotopic (exact) mass is 174 g/mol. The second-order valence-corrected chi connectivity index (χ2v) is 4.42. The van der Waals surface area contributed by atoms with Gasteiger partial charge in [0.05, 0.1) is 14.8 Å². The zero-order valence-corrected chi connectivity index (χ0v) is 6.41. The Morgan fingerprint density at radius 1 is 1.30 bits per heavy atom. The zero-order chi connectivity index (χ0) is 7.35. The molecule has 0 fully saturated rings. The number of hydrogen-bond acceptors (Lipinski definition) is 2. The van der Waals surface area contributed by atoms with Crippen molar-refractivity contribution in [2.45, 2.75) is 0 Å². The molecule has 0 N–H and O–H groups in total. The van der Waals surface area contributed by atoms with Crippen LogP contribution in [0.5, 0.6) is 0 Å². The molecule has 2 rings (SSSR count). The fourth-order valence-corrected chi connectivity index (χ4v) is 2.88. The number of halogens is 1. The van der Waals surface area contributed by atoms with Crippen LogP contribution in [0.15, 0.2) is 33.1 Å². The van der Waals surface area contributed by atoms with Crippen molar-refractivity contribution < 1.29 is 8.42 Å². The minimum atomic E-state index is -3.14. The van der Waals surface area contributed by atoms with E-state index in [4.69, 9.17) is 11.6 Å². The molecule has 0 radical (unpaired) electrons. The van der Waals surface area contributed by atoms with Gasteiger partial charge in [0.1, 0.15) is 0 Å². The molecule has 2 aliphatic heterocycles. The highest BCUT2D eigenvalue weighted by Gasteiger charge is 2.32. The molecule has 0 saturated carbocycles. The molecular weight excluding hydrogens is 172 g/mol. The van der Waals surface area contributed by atoms with E-state index in [1.165, 1.54) is 12.2 Å². The van der Waals surface area contributed by atoms with Gasteiger partial charge in [-0.3, -0.25) is 0 Å². The van der Waals surface area contributed by atoms with Gasteiger partial charge in [-0.05, 0) is 18.2 Å². The van der Waals surface area contributed by atoms with Gasteiger partial charge >= 0.3 is 0 Å². The van der Waals surface area contributed by atoms with Crippen LogP contribution < -0.4 is 0 Å². The summed E-state index contributed by atoms with van der Waals surface area (Å²) in [5.74, 6) is 0. The third-order valence-electron chi connectivity index (χ3n) is 1.50. The van der Waals surface area contributed by atoms with E-state index < -0.39 is 9.84 Å². The van der Waals surface area contributed by atoms with Crippen LogP contribution in [0.4, 0.5) is 0 Å². The normalized spacial score (nSPS) is 25.9. The molecule has 10 heavy (non-hydrogen) atoms. The van der Waals surface area contributed by atoms with E-state index in [9.17, 15) is 8.42 Å². The number of allylic oxidation sites excluding steroid dienone is 4. The Kier molecular flexibility index (Phi) is 0.956. The molecule has 0 amide bonds. The van der Waals surface area contributed by atoms with Crippen molar-refractivity contribution in [1.29, 1.82) is 0 Å². The molecule has 52 valence electrons. The Labute approximate surface area is 63.4 Å². The smallest absolute Gasteiger partial charge is 0.208 e. The van der Waals surface area contributed by atoms with Gasteiger partial charge in [-0.2, -0.15) is 0 Å². The molecular formula is C6H3ClO2S. The minimum absolute atomic E-state index is 0.240. The maximum absolute atomic E-state index is 11.1. The average Bonchev–Trinajstić information content (AvgIpc) is 2.20. The van der Waals surface area contributed by atoms with Crippen molar-refractivity contribution >= 4 is 21.4 Å². The lowest BCUT2D eigenvalue weighted by atomic mass is 10.3. The van der Waals surface area contributed by atoms with Gasteiger partial charge in [-0.25, -0.2) is 8.42 Å². The van der Waals surface area contributed by atoms with Crippen LogP contribution in [0.2, 0.25) is 0 Å². The summed E-state index contributed by atoms with van der Waals surface area (Å²) >= 11 is 5.57. The predicted molar refractivity (Wildman–Crippen MR) is 39.0 cm³/mol. The predicted octanol–water partition coefficient (Wildman–Crippen LogP) is 1.32. The van der Waals surface area contributed by atoms with Gasteiger partial charge in [0.2, 0.25) is 9.84 Å². The molecule has 2 bridgehead atoms. The summed E-state index contributed by atoms with van der Waals surface area (Å²) in [6, 6.07) is 0. The first-order valence-corrected chi connectivity index (χ1v) is 4.53. The molecule has 0 aliphatic carbocycles. The fraction of sp³-hybridized carbons (Fsp3) is 0. The molecule has 2 heterocycles. The Hall–Kier alpha value is -0.540. The van der Waals surface area contributed by atoms with Crippen molar-refractivity contribution in [3.05, 3.63) is 33.1 Å². The number of hydrogen-bond donors (Lipinski definition) is 0. The molecule has 0 atom stereocenters. The lowest BCUT2D eigenvalue weighted by Gasteiger charge is -1.88. The Bertz CT molecular complexity index is 384. The van der Waals surface area contributed by atoms with E-state index in [1.54, 1.807) is 6.08 Å². The second-order valence-electron chi connectivity index (χ2n) is 2.10. The second kappa shape index (κ2) is 1.54. The molecule has 0 unspecified atom stereocenters. The minimum Gasteiger partial charge on any atom is -0.218 e. The Morgan fingerprint density at radius 3 is 2.20 bits per heavy atom. The molecule has 0 aromatic carbocycles. The third-order valence-corrected chi connectivity index (χ3v) is 3.74. The molecule has 2 nitrogen and oxygen atoms in total. The summed E-state index contributed by atoms with van der Waals surface area (Å²) in [5.41, 5.74) is 0. The van der Waals surface area contributed by atoms with Gasteiger partial charge in [-0.15, -0.1) is 0 Å². The summed E-state index contributed by atoms with van der Waals surface area (Å²) in [6.45, 7) is 0. The van der Waals surface area contributed by atoms with Crippen LogP contribution >= 0.6 is 11.6 Å². The van der Waals surface area contributed by atoms with E-state index >= 15 is 0 Å². The largest absolute Gasteiger partial charge is 0.218 e. The van der Waals surface area contributed by atoms with E-state index in [0.717, 1.165) is 0 Å². The number of sulfone groups is 1. The van der Waals surface area contributed by atoms with E-state index in [1.807, 2.05) is 0 Å². The first-order valence-electron chi connectivity index (χ1n) is 2.67. The van der Waals surface area contributed by atoms with Crippen molar-refractivity contribution in [3.8, 4) is 0 Å². The Balaban J connectivity index is 2.90. The summed E-state index contributed by atoms with van der Waals surface area (Å²) in [5, 5.41) is 0.331. The summed E-state index contributed by atoms with van der Waals surface area (Å²) in [7, 11) is -3.14. The SMILES string of the molecule is O=S1(=O)C2=CC(Cl)=C1C=C2. The Morgan fingerprint density at radius 2 is 2.00 bits per heavy atom. The highest BCUT2D eigenvalue weighted by atomic mass is 35.5. The van der Waals surface area contributed by atoms with Gasteiger partial charge in [0, 0.05) is 0 Å². The van der Waals surface area contributed by atoms with Gasteiger partial charge in [0.15, 0.2) is 0 Å². The van der Waals surface area contributed by atoms with Gasteiger partial charge in [-0.1, -0.05) is 11.6 Å². The average molecular weight is 175 g/mol. The van der Waals surface area contributed by atoms with Gasteiger partial charge in [0.25, 0.3) is 0 Å². The van der Waals surface area contributed by atoms with Crippen molar-refractivity contribution in [2.75, 3.05) is 0 Å². The molecule has 0 spiro atoms. The van der Waals surface area contributed by atoms with Crippen LogP contribution in [0.1, 0.15) is 0 Å². The van der Waals surface area contributed by atoms with Crippen LogP contribution in [0.3, 0.4) is 0 Å². The van der Waals surface area contributed by atoms with Gasteiger partial charge < -0.3 is 0 Å². The maximum Gasteiger partial charge on any atom is 0.208 e. The van der Waals surface area contributed by atoms with Crippen molar-refractivity contribution in [3.63, 3.8) is 0 Å².